The number of aromatic nitrogens is 1. The fourth-order valence-electron chi connectivity index (χ4n) is 3.39. The molecule has 5 nitrogen and oxygen atoms in total. The van der Waals surface area contributed by atoms with E-state index in [4.69, 9.17) is 19.2 Å². The van der Waals surface area contributed by atoms with E-state index >= 15 is 0 Å². The molecule has 0 atom stereocenters. The number of fused-ring (bicyclic) bond motifs is 3. The van der Waals surface area contributed by atoms with Crippen LogP contribution in [0.15, 0.2) is 47.4 Å². The highest BCUT2D eigenvalue weighted by Gasteiger charge is 2.27. The first-order valence-corrected chi connectivity index (χ1v) is 9.65. The van der Waals surface area contributed by atoms with Gasteiger partial charge in [-0.05, 0) is 41.5 Å². The molecule has 1 aliphatic rings. The van der Waals surface area contributed by atoms with Gasteiger partial charge in [-0.15, -0.1) is 11.8 Å². The Kier molecular flexibility index (Phi) is 4.84. The summed E-state index contributed by atoms with van der Waals surface area (Å²) in [6, 6.07) is 16.0. The van der Waals surface area contributed by atoms with Crippen molar-refractivity contribution in [3.63, 3.8) is 0 Å². The van der Waals surface area contributed by atoms with Crippen LogP contribution in [0.4, 0.5) is 0 Å². The molecule has 0 saturated carbocycles. The summed E-state index contributed by atoms with van der Waals surface area (Å²) in [6.45, 7) is 0. The number of thioether (sulfide) groups is 1. The number of pyridine rings is 1. The number of methoxy groups -OCH3 is 3. The fourth-order valence-corrected chi connectivity index (χ4v) is 4.45. The van der Waals surface area contributed by atoms with Gasteiger partial charge in [0.25, 0.3) is 0 Å². The van der Waals surface area contributed by atoms with Gasteiger partial charge in [-0.2, -0.15) is 5.26 Å². The molecule has 2 heterocycles. The maximum Gasteiger partial charge on any atom is 0.232 e. The van der Waals surface area contributed by atoms with Crippen molar-refractivity contribution in [3.05, 3.63) is 53.6 Å². The van der Waals surface area contributed by atoms with E-state index < -0.39 is 0 Å². The highest BCUT2D eigenvalue weighted by Crippen LogP contribution is 2.47. The second kappa shape index (κ2) is 7.45. The van der Waals surface area contributed by atoms with Crippen LogP contribution in [0.25, 0.3) is 22.4 Å². The first-order chi connectivity index (χ1) is 13.7. The van der Waals surface area contributed by atoms with E-state index in [1.807, 2.05) is 42.5 Å². The van der Waals surface area contributed by atoms with Gasteiger partial charge in [0, 0.05) is 21.8 Å². The van der Waals surface area contributed by atoms with Crippen molar-refractivity contribution in [2.24, 2.45) is 0 Å². The lowest BCUT2D eigenvalue weighted by atomic mass is 9.92. The third kappa shape index (κ3) is 2.94. The van der Waals surface area contributed by atoms with Crippen LogP contribution in [0.2, 0.25) is 0 Å². The van der Waals surface area contributed by atoms with Crippen molar-refractivity contribution >= 4 is 11.8 Å². The van der Waals surface area contributed by atoms with E-state index in [0.29, 0.717) is 11.4 Å². The summed E-state index contributed by atoms with van der Waals surface area (Å²) in [5, 5.41) is 9.85. The van der Waals surface area contributed by atoms with Crippen molar-refractivity contribution < 1.29 is 14.2 Å². The Balaban J connectivity index is 2.02. The minimum absolute atomic E-state index is 0.327. The van der Waals surface area contributed by atoms with E-state index in [1.165, 1.54) is 7.11 Å². The van der Waals surface area contributed by atoms with Crippen LogP contribution >= 0.6 is 11.8 Å². The van der Waals surface area contributed by atoms with Crippen molar-refractivity contribution in [2.45, 2.75) is 10.6 Å². The second-order valence-corrected chi connectivity index (χ2v) is 7.21. The standard InChI is InChI=1S/C22H18N2O3S/c1-25-14-6-4-13(5-7-14)20-17(11-23)22(27-3)24-21-16-10-15(26-2)8-9-19(16)28-12-18(20)21/h4-10H,12H2,1-3H3. The number of nitrogens with zero attached hydrogens (tertiary/aromatic N) is 2. The molecule has 0 amide bonds. The summed E-state index contributed by atoms with van der Waals surface area (Å²) in [7, 11) is 4.82. The zero-order valence-electron chi connectivity index (χ0n) is 15.8. The van der Waals surface area contributed by atoms with E-state index in [0.717, 1.165) is 50.1 Å². The summed E-state index contributed by atoms with van der Waals surface area (Å²) < 4.78 is 16.2. The van der Waals surface area contributed by atoms with Crippen LogP contribution in [0.5, 0.6) is 17.4 Å². The highest BCUT2D eigenvalue weighted by molar-refractivity contribution is 7.98. The average molecular weight is 390 g/mol. The van der Waals surface area contributed by atoms with Crippen LogP contribution in [0.3, 0.4) is 0 Å². The Labute approximate surface area is 167 Å². The predicted molar refractivity (Wildman–Crippen MR) is 109 cm³/mol. The van der Waals surface area contributed by atoms with Crippen molar-refractivity contribution in [1.82, 2.24) is 4.98 Å². The molecule has 28 heavy (non-hydrogen) atoms. The molecule has 0 N–H and O–H groups in total. The molecule has 0 saturated heterocycles. The molecule has 6 heteroatoms. The molecule has 3 aromatic rings. The van der Waals surface area contributed by atoms with Gasteiger partial charge < -0.3 is 14.2 Å². The zero-order valence-corrected chi connectivity index (χ0v) is 16.6. The molecule has 0 radical (unpaired) electrons. The van der Waals surface area contributed by atoms with Gasteiger partial charge in [0.1, 0.15) is 23.1 Å². The van der Waals surface area contributed by atoms with Gasteiger partial charge in [0.15, 0.2) is 0 Å². The molecule has 0 aliphatic carbocycles. The van der Waals surface area contributed by atoms with Crippen LogP contribution < -0.4 is 14.2 Å². The molecule has 1 aromatic heterocycles. The Hall–Kier alpha value is -3.17. The summed E-state index contributed by atoms with van der Waals surface area (Å²) >= 11 is 1.73. The third-order valence-corrected chi connectivity index (χ3v) is 5.86. The van der Waals surface area contributed by atoms with Crippen LogP contribution in [0.1, 0.15) is 11.1 Å². The number of hydrogen-bond acceptors (Lipinski definition) is 6. The van der Waals surface area contributed by atoms with Crippen molar-refractivity contribution in [1.29, 1.82) is 5.26 Å². The lowest BCUT2D eigenvalue weighted by Crippen LogP contribution is -2.07. The third-order valence-electron chi connectivity index (χ3n) is 4.76. The highest BCUT2D eigenvalue weighted by atomic mass is 32.2. The summed E-state index contributed by atoms with van der Waals surface area (Å²) in [4.78, 5) is 5.83. The zero-order chi connectivity index (χ0) is 19.7. The number of hydrogen-bond donors (Lipinski definition) is 0. The molecular weight excluding hydrogens is 372 g/mol. The van der Waals surface area contributed by atoms with Gasteiger partial charge in [-0.3, -0.25) is 0 Å². The molecular formula is C22H18N2O3S. The van der Waals surface area contributed by atoms with Gasteiger partial charge >= 0.3 is 0 Å². The lowest BCUT2D eigenvalue weighted by Gasteiger charge is -2.24. The van der Waals surface area contributed by atoms with Crippen molar-refractivity contribution in [3.8, 4) is 45.8 Å². The summed E-state index contributed by atoms with van der Waals surface area (Å²) in [5.41, 5.74) is 5.07. The van der Waals surface area contributed by atoms with Gasteiger partial charge in [0.05, 0.1) is 27.0 Å². The average Bonchev–Trinajstić information content (AvgIpc) is 2.77. The normalized spacial score (nSPS) is 11.8. The molecule has 4 rings (SSSR count). The first-order valence-electron chi connectivity index (χ1n) is 8.66. The molecule has 140 valence electrons. The molecule has 0 spiro atoms. The molecule has 0 unspecified atom stereocenters. The number of benzene rings is 2. The SMILES string of the molecule is COc1ccc(-c2c(C#N)c(OC)nc3c2CSc2ccc(OC)cc2-3)cc1. The molecule has 0 bridgehead atoms. The van der Waals surface area contributed by atoms with Gasteiger partial charge in [0.2, 0.25) is 5.88 Å². The second-order valence-electron chi connectivity index (χ2n) is 6.19. The predicted octanol–water partition coefficient (Wildman–Crippen LogP) is 4.92. The van der Waals surface area contributed by atoms with Crippen LogP contribution in [-0.2, 0) is 5.75 Å². The van der Waals surface area contributed by atoms with Gasteiger partial charge in [-0.1, -0.05) is 12.1 Å². The van der Waals surface area contributed by atoms with Crippen molar-refractivity contribution in [2.75, 3.05) is 21.3 Å². The molecule has 1 aliphatic heterocycles. The Morgan fingerprint density at radius 2 is 1.68 bits per heavy atom. The Morgan fingerprint density at radius 3 is 2.32 bits per heavy atom. The maximum atomic E-state index is 9.85. The minimum Gasteiger partial charge on any atom is -0.497 e. The number of rotatable bonds is 4. The molecule has 0 fully saturated rings. The summed E-state index contributed by atoms with van der Waals surface area (Å²) in [6.07, 6.45) is 0. The van der Waals surface area contributed by atoms with E-state index in [2.05, 4.69) is 6.07 Å². The van der Waals surface area contributed by atoms with E-state index in [1.54, 1.807) is 26.0 Å². The summed E-state index contributed by atoms with van der Waals surface area (Å²) in [5.74, 6) is 2.58. The fraction of sp³-hybridized carbons (Fsp3) is 0.182. The van der Waals surface area contributed by atoms with E-state index in [-0.39, 0.29) is 0 Å². The van der Waals surface area contributed by atoms with E-state index in [9.17, 15) is 5.26 Å². The maximum absolute atomic E-state index is 9.85. The Morgan fingerprint density at radius 1 is 0.964 bits per heavy atom. The largest absolute Gasteiger partial charge is 0.497 e. The number of nitriles is 1. The Bertz CT molecular complexity index is 1090. The first kappa shape index (κ1) is 18.2. The van der Waals surface area contributed by atoms with Gasteiger partial charge in [-0.25, -0.2) is 4.98 Å². The smallest absolute Gasteiger partial charge is 0.232 e. The monoisotopic (exact) mass is 390 g/mol. The quantitative estimate of drug-likeness (QED) is 0.630. The van der Waals surface area contributed by atoms with Crippen LogP contribution in [0, 0.1) is 11.3 Å². The minimum atomic E-state index is 0.327. The number of ether oxygens (including phenoxy) is 3. The topological polar surface area (TPSA) is 64.4 Å². The molecule has 2 aromatic carbocycles. The lowest BCUT2D eigenvalue weighted by molar-refractivity contribution is 0.397. The van der Waals surface area contributed by atoms with Crippen LogP contribution in [-0.4, -0.2) is 26.3 Å².